The number of rotatable bonds is 3. The van der Waals surface area contributed by atoms with E-state index in [-0.39, 0.29) is 0 Å². The summed E-state index contributed by atoms with van der Waals surface area (Å²) >= 11 is 3.86. The minimum atomic E-state index is 0.393. The summed E-state index contributed by atoms with van der Waals surface area (Å²) in [6.07, 6.45) is 2.65. The molecular formula is C12H20N2S2. The Balaban J connectivity index is 1.93. The largest absolute Gasteiger partial charge is 0.304 e. The van der Waals surface area contributed by atoms with Crippen LogP contribution in [-0.4, -0.2) is 22.0 Å². The molecule has 4 heteroatoms. The third-order valence-electron chi connectivity index (χ3n) is 3.08. The first kappa shape index (κ1) is 12.4. The van der Waals surface area contributed by atoms with Gasteiger partial charge in [0.1, 0.15) is 5.01 Å². The van der Waals surface area contributed by atoms with E-state index in [0.717, 1.165) is 10.9 Å². The number of thioether (sulfide) groups is 1. The lowest BCUT2D eigenvalue weighted by Gasteiger charge is -2.31. The number of nitrogens with zero attached hydrogens (tertiary/aromatic N) is 1. The Kier molecular flexibility index (Phi) is 4.27. The monoisotopic (exact) mass is 256 g/mol. The second kappa shape index (κ2) is 5.52. The van der Waals surface area contributed by atoms with Gasteiger partial charge >= 0.3 is 0 Å². The zero-order valence-electron chi connectivity index (χ0n) is 10.2. The molecule has 1 aliphatic heterocycles. The van der Waals surface area contributed by atoms with Gasteiger partial charge in [0.05, 0.1) is 6.04 Å². The van der Waals surface area contributed by atoms with Gasteiger partial charge in [-0.2, -0.15) is 11.8 Å². The van der Waals surface area contributed by atoms with Crippen molar-refractivity contribution in [2.75, 3.05) is 5.75 Å². The van der Waals surface area contributed by atoms with E-state index in [4.69, 9.17) is 0 Å². The first-order valence-electron chi connectivity index (χ1n) is 5.96. The predicted octanol–water partition coefficient (Wildman–Crippen LogP) is 3.39. The molecule has 1 aromatic rings. The SMILES string of the molecule is Cc1csc(C(C)NC2CCCSC2C)n1. The summed E-state index contributed by atoms with van der Waals surface area (Å²) in [4.78, 5) is 4.55. The van der Waals surface area contributed by atoms with E-state index in [9.17, 15) is 0 Å². The summed E-state index contributed by atoms with van der Waals surface area (Å²) < 4.78 is 0. The Morgan fingerprint density at radius 3 is 3.00 bits per heavy atom. The van der Waals surface area contributed by atoms with E-state index in [1.54, 1.807) is 11.3 Å². The molecule has 1 N–H and O–H groups in total. The third kappa shape index (κ3) is 2.99. The lowest BCUT2D eigenvalue weighted by Crippen LogP contribution is -2.40. The predicted molar refractivity (Wildman–Crippen MR) is 73.3 cm³/mol. The molecule has 3 unspecified atom stereocenters. The van der Waals surface area contributed by atoms with Gasteiger partial charge in [-0.15, -0.1) is 11.3 Å². The molecule has 2 rings (SSSR count). The van der Waals surface area contributed by atoms with Crippen molar-refractivity contribution >= 4 is 23.1 Å². The van der Waals surface area contributed by atoms with Crippen LogP contribution in [0.4, 0.5) is 0 Å². The Morgan fingerprint density at radius 1 is 1.56 bits per heavy atom. The topological polar surface area (TPSA) is 24.9 Å². The van der Waals surface area contributed by atoms with Gasteiger partial charge in [-0.1, -0.05) is 6.92 Å². The van der Waals surface area contributed by atoms with Crippen LogP contribution in [0.25, 0.3) is 0 Å². The van der Waals surface area contributed by atoms with Gasteiger partial charge in [-0.25, -0.2) is 4.98 Å². The van der Waals surface area contributed by atoms with Crippen LogP contribution >= 0.6 is 23.1 Å². The van der Waals surface area contributed by atoms with Crippen molar-refractivity contribution in [3.8, 4) is 0 Å². The molecule has 2 heterocycles. The molecular weight excluding hydrogens is 236 g/mol. The van der Waals surface area contributed by atoms with Gasteiger partial charge in [-0.3, -0.25) is 0 Å². The molecule has 1 aliphatic rings. The smallest absolute Gasteiger partial charge is 0.110 e. The fraction of sp³-hybridized carbons (Fsp3) is 0.750. The van der Waals surface area contributed by atoms with Crippen LogP contribution in [0.3, 0.4) is 0 Å². The molecule has 3 atom stereocenters. The van der Waals surface area contributed by atoms with Crippen LogP contribution in [-0.2, 0) is 0 Å². The summed E-state index contributed by atoms with van der Waals surface area (Å²) in [6, 6.07) is 1.04. The quantitative estimate of drug-likeness (QED) is 0.897. The van der Waals surface area contributed by atoms with E-state index >= 15 is 0 Å². The summed E-state index contributed by atoms with van der Waals surface area (Å²) in [5, 5.41) is 7.81. The molecule has 0 amide bonds. The number of aromatic nitrogens is 1. The van der Waals surface area contributed by atoms with E-state index in [1.165, 1.54) is 23.6 Å². The maximum Gasteiger partial charge on any atom is 0.110 e. The normalized spacial score (nSPS) is 27.9. The highest BCUT2D eigenvalue weighted by Crippen LogP contribution is 2.27. The number of hydrogen-bond donors (Lipinski definition) is 1. The Bertz CT molecular complexity index is 338. The highest BCUT2D eigenvalue weighted by Gasteiger charge is 2.24. The molecule has 1 aromatic heterocycles. The van der Waals surface area contributed by atoms with Crippen LogP contribution in [0.1, 0.15) is 43.4 Å². The molecule has 16 heavy (non-hydrogen) atoms. The molecule has 0 saturated carbocycles. The van der Waals surface area contributed by atoms with Crippen molar-refractivity contribution in [1.29, 1.82) is 0 Å². The minimum Gasteiger partial charge on any atom is -0.304 e. The van der Waals surface area contributed by atoms with Gasteiger partial charge in [0.2, 0.25) is 0 Å². The van der Waals surface area contributed by atoms with Crippen LogP contribution in [0.15, 0.2) is 5.38 Å². The average Bonchev–Trinajstić information content (AvgIpc) is 2.68. The van der Waals surface area contributed by atoms with Crippen LogP contribution < -0.4 is 5.32 Å². The highest BCUT2D eigenvalue weighted by molar-refractivity contribution is 7.99. The van der Waals surface area contributed by atoms with E-state index in [0.29, 0.717) is 12.1 Å². The first-order valence-corrected chi connectivity index (χ1v) is 7.89. The average molecular weight is 256 g/mol. The summed E-state index contributed by atoms with van der Waals surface area (Å²) in [7, 11) is 0. The summed E-state index contributed by atoms with van der Waals surface area (Å²) in [5.41, 5.74) is 1.14. The van der Waals surface area contributed by atoms with Crippen LogP contribution in [0, 0.1) is 6.92 Å². The Morgan fingerprint density at radius 2 is 2.38 bits per heavy atom. The van der Waals surface area contributed by atoms with Gasteiger partial charge < -0.3 is 5.32 Å². The number of hydrogen-bond acceptors (Lipinski definition) is 4. The zero-order chi connectivity index (χ0) is 11.5. The maximum atomic E-state index is 4.55. The molecule has 0 aliphatic carbocycles. The molecule has 0 spiro atoms. The molecule has 1 saturated heterocycles. The van der Waals surface area contributed by atoms with Crippen molar-refractivity contribution in [1.82, 2.24) is 10.3 Å². The van der Waals surface area contributed by atoms with Crippen molar-refractivity contribution in [3.05, 3.63) is 16.1 Å². The van der Waals surface area contributed by atoms with Gasteiger partial charge in [0.15, 0.2) is 0 Å². The Labute approximate surface area is 106 Å². The molecule has 0 radical (unpaired) electrons. The minimum absolute atomic E-state index is 0.393. The molecule has 0 aromatic carbocycles. The molecule has 1 fully saturated rings. The van der Waals surface area contributed by atoms with Gasteiger partial charge in [-0.05, 0) is 32.4 Å². The summed E-state index contributed by atoms with van der Waals surface area (Å²) in [5.74, 6) is 1.32. The van der Waals surface area contributed by atoms with Crippen molar-refractivity contribution < 1.29 is 0 Å². The van der Waals surface area contributed by atoms with Crippen molar-refractivity contribution in [3.63, 3.8) is 0 Å². The number of thiazole rings is 1. The van der Waals surface area contributed by atoms with Gasteiger partial charge in [0, 0.05) is 22.4 Å². The number of nitrogens with one attached hydrogen (secondary N) is 1. The maximum absolute atomic E-state index is 4.55. The standard InChI is InChI=1S/C12H20N2S2/c1-8-7-16-12(13-8)9(2)14-11-5-4-6-15-10(11)3/h7,9-11,14H,4-6H2,1-3H3. The second-order valence-electron chi connectivity index (χ2n) is 4.54. The van der Waals surface area contributed by atoms with E-state index < -0.39 is 0 Å². The second-order valence-corrected chi connectivity index (χ2v) is 6.91. The van der Waals surface area contributed by atoms with Gasteiger partial charge in [0.25, 0.3) is 0 Å². The summed E-state index contributed by atoms with van der Waals surface area (Å²) in [6.45, 7) is 6.62. The van der Waals surface area contributed by atoms with E-state index in [2.05, 4.69) is 48.2 Å². The fourth-order valence-corrected chi connectivity index (χ4v) is 4.07. The van der Waals surface area contributed by atoms with Crippen molar-refractivity contribution in [2.24, 2.45) is 0 Å². The molecule has 90 valence electrons. The lowest BCUT2D eigenvalue weighted by atomic mass is 10.1. The third-order valence-corrected chi connectivity index (χ3v) is 5.60. The van der Waals surface area contributed by atoms with Crippen LogP contribution in [0.5, 0.6) is 0 Å². The first-order chi connectivity index (χ1) is 7.66. The molecule has 0 bridgehead atoms. The van der Waals surface area contributed by atoms with E-state index in [1.807, 2.05) is 0 Å². The lowest BCUT2D eigenvalue weighted by molar-refractivity contribution is 0.416. The highest BCUT2D eigenvalue weighted by atomic mass is 32.2. The number of aryl methyl sites for hydroxylation is 1. The zero-order valence-corrected chi connectivity index (χ0v) is 11.8. The Hall–Kier alpha value is -0.0600. The van der Waals surface area contributed by atoms with Crippen molar-refractivity contribution in [2.45, 2.75) is 50.9 Å². The fourth-order valence-electron chi connectivity index (χ4n) is 2.11. The van der Waals surface area contributed by atoms with Crippen LogP contribution in [0.2, 0.25) is 0 Å². The molecule has 2 nitrogen and oxygen atoms in total.